The smallest absolute Gasteiger partial charge is 0.277 e. The summed E-state index contributed by atoms with van der Waals surface area (Å²) >= 11 is 0. The first-order chi connectivity index (χ1) is 14.4. The largest absolute Gasteiger partial charge is 0.490 e. The second-order valence-corrected chi connectivity index (χ2v) is 8.29. The van der Waals surface area contributed by atoms with E-state index >= 15 is 0 Å². The van der Waals surface area contributed by atoms with Gasteiger partial charge in [-0.1, -0.05) is 0 Å². The van der Waals surface area contributed by atoms with Gasteiger partial charge in [-0.05, 0) is 49.4 Å². The number of anilines is 2. The van der Waals surface area contributed by atoms with Gasteiger partial charge in [0.25, 0.3) is 15.9 Å². The summed E-state index contributed by atoms with van der Waals surface area (Å²) in [6.45, 7) is 1.85. The van der Waals surface area contributed by atoms with Gasteiger partial charge in [0.2, 0.25) is 0 Å². The number of nitrogens with zero attached hydrogens (tertiary/aromatic N) is 3. The molecule has 0 unspecified atom stereocenters. The molecule has 0 spiro atoms. The predicted molar refractivity (Wildman–Crippen MR) is 107 cm³/mol. The highest BCUT2D eigenvalue weighted by molar-refractivity contribution is 7.93. The average molecular weight is 424 g/mol. The minimum atomic E-state index is -3.97. The van der Waals surface area contributed by atoms with Crippen LogP contribution in [0.25, 0.3) is 0 Å². The molecule has 2 aromatic carbocycles. The molecule has 0 atom stereocenters. The van der Waals surface area contributed by atoms with Gasteiger partial charge in [0, 0.05) is 5.69 Å². The van der Waals surface area contributed by atoms with E-state index in [4.69, 9.17) is 14.4 Å². The van der Waals surface area contributed by atoms with E-state index in [9.17, 15) is 13.2 Å². The molecule has 10 heteroatoms. The summed E-state index contributed by atoms with van der Waals surface area (Å²) in [5, 5.41) is 11.6. The standard InChI is InChI=1S/C20H16N4O5S/c1-13-19(22-12-29-13)20(25)23-15-4-7-17-18(10-15)30(26,27)24(8-9-28-17)16-5-2-14(11-21)3-6-16/h2-7,10,12H,8-9H2,1H3,(H,23,25). The molecule has 0 fully saturated rings. The number of hydrogen-bond donors (Lipinski definition) is 1. The number of oxazole rings is 1. The molecule has 1 aliphatic heterocycles. The van der Waals surface area contributed by atoms with Crippen LogP contribution in [0.1, 0.15) is 21.8 Å². The van der Waals surface area contributed by atoms with Crippen molar-refractivity contribution in [1.29, 1.82) is 5.26 Å². The number of aryl methyl sites for hydroxylation is 1. The zero-order valence-electron chi connectivity index (χ0n) is 15.8. The Labute approximate surface area is 172 Å². The summed E-state index contributed by atoms with van der Waals surface area (Å²) in [5.74, 6) is 0.0315. The van der Waals surface area contributed by atoms with E-state index < -0.39 is 15.9 Å². The topological polar surface area (TPSA) is 126 Å². The van der Waals surface area contributed by atoms with Gasteiger partial charge in [0.1, 0.15) is 23.0 Å². The van der Waals surface area contributed by atoms with Crippen molar-refractivity contribution in [2.24, 2.45) is 0 Å². The zero-order chi connectivity index (χ0) is 21.3. The second kappa shape index (κ2) is 7.53. The molecule has 1 aliphatic rings. The highest BCUT2D eigenvalue weighted by atomic mass is 32.2. The van der Waals surface area contributed by atoms with Crippen molar-refractivity contribution in [1.82, 2.24) is 4.98 Å². The lowest BCUT2D eigenvalue weighted by Crippen LogP contribution is -2.32. The number of nitrogens with one attached hydrogen (secondary N) is 1. The third kappa shape index (κ3) is 3.46. The minimum absolute atomic E-state index is 0.0703. The van der Waals surface area contributed by atoms with E-state index in [2.05, 4.69) is 10.3 Å². The van der Waals surface area contributed by atoms with Crippen LogP contribution in [0.5, 0.6) is 5.75 Å². The van der Waals surface area contributed by atoms with Crippen LogP contribution in [-0.4, -0.2) is 32.5 Å². The average Bonchev–Trinajstić information content (AvgIpc) is 3.12. The number of hydrogen-bond acceptors (Lipinski definition) is 7. The van der Waals surface area contributed by atoms with Crippen LogP contribution in [0.4, 0.5) is 11.4 Å². The minimum Gasteiger partial charge on any atom is -0.490 e. The van der Waals surface area contributed by atoms with Crippen molar-refractivity contribution in [3.05, 3.63) is 65.9 Å². The number of sulfonamides is 1. The summed E-state index contributed by atoms with van der Waals surface area (Å²) in [7, 11) is -3.97. The lowest BCUT2D eigenvalue weighted by atomic mass is 10.2. The Hall–Kier alpha value is -3.84. The Morgan fingerprint density at radius 2 is 2.00 bits per heavy atom. The number of carbonyl (C=O) groups excluding carboxylic acids is 1. The maximum Gasteiger partial charge on any atom is 0.277 e. The molecule has 9 nitrogen and oxygen atoms in total. The molecule has 3 aromatic rings. The Balaban J connectivity index is 1.69. The number of aromatic nitrogens is 1. The highest BCUT2D eigenvalue weighted by Gasteiger charge is 2.31. The van der Waals surface area contributed by atoms with E-state index in [1.165, 1.54) is 16.4 Å². The van der Waals surface area contributed by atoms with Crippen LogP contribution in [0.15, 0.2) is 58.2 Å². The van der Waals surface area contributed by atoms with E-state index in [-0.39, 0.29) is 35.2 Å². The quantitative estimate of drug-likeness (QED) is 0.685. The van der Waals surface area contributed by atoms with E-state index in [0.29, 0.717) is 17.0 Å². The monoisotopic (exact) mass is 424 g/mol. The molecule has 1 N–H and O–H groups in total. The first kappa shape index (κ1) is 19.5. The summed E-state index contributed by atoms with van der Waals surface area (Å²) in [6, 6.07) is 12.6. The zero-order valence-corrected chi connectivity index (χ0v) is 16.6. The highest BCUT2D eigenvalue weighted by Crippen LogP contribution is 2.34. The van der Waals surface area contributed by atoms with Gasteiger partial charge in [-0.3, -0.25) is 9.10 Å². The van der Waals surface area contributed by atoms with Gasteiger partial charge < -0.3 is 14.5 Å². The molecule has 0 aliphatic carbocycles. The fraction of sp³-hybridized carbons (Fsp3) is 0.150. The molecule has 0 bridgehead atoms. The normalized spacial score (nSPS) is 14.7. The van der Waals surface area contributed by atoms with Gasteiger partial charge >= 0.3 is 0 Å². The first-order valence-electron chi connectivity index (χ1n) is 8.91. The molecule has 152 valence electrons. The molecule has 1 amide bonds. The molecular weight excluding hydrogens is 408 g/mol. The number of benzene rings is 2. The van der Waals surface area contributed by atoms with Crippen LogP contribution >= 0.6 is 0 Å². The Bertz CT molecular complexity index is 1260. The van der Waals surface area contributed by atoms with Gasteiger partial charge in [-0.2, -0.15) is 5.26 Å². The van der Waals surface area contributed by atoms with Crippen molar-refractivity contribution in [2.75, 3.05) is 22.8 Å². The van der Waals surface area contributed by atoms with Crippen LogP contribution < -0.4 is 14.4 Å². The van der Waals surface area contributed by atoms with Crippen molar-refractivity contribution >= 4 is 27.3 Å². The van der Waals surface area contributed by atoms with Crippen molar-refractivity contribution in [3.63, 3.8) is 0 Å². The second-order valence-electron chi connectivity index (χ2n) is 6.46. The van der Waals surface area contributed by atoms with Crippen molar-refractivity contribution < 1.29 is 22.4 Å². The Kier molecular flexibility index (Phi) is 4.89. The number of carbonyl (C=O) groups is 1. The summed E-state index contributed by atoms with van der Waals surface area (Å²) in [5.41, 5.74) is 1.23. The fourth-order valence-corrected chi connectivity index (χ4v) is 4.68. The third-order valence-electron chi connectivity index (χ3n) is 4.57. The number of amides is 1. The molecular formula is C20H16N4O5S. The number of nitriles is 1. The van der Waals surface area contributed by atoms with Crippen molar-refractivity contribution in [2.45, 2.75) is 11.8 Å². The molecule has 30 heavy (non-hydrogen) atoms. The molecule has 1 aromatic heterocycles. The molecule has 0 saturated carbocycles. The Morgan fingerprint density at radius 3 is 2.67 bits per heavy atom. The molecule has 2 heterocycles. The Morgan fingerprint density at radius 1 is 1.23 bits per heavy atom. The van der Waals surface area contributed by atoms with Crippen molar-refractivity contribution in [3.8, 4) is 11.8 Å². The SMILES string of the molecule is Cc1ocnc1C(=O)Nc1ccc2c(c1)S(=O)(=O)N(c1ccc(C#N)cc1)CCO2. The third-order valence-corrected chi connectivity index (χ3v) is 6.41. The lowest BCUT2D eigenvalue weighted by Gasteiger charge is -2.22. The summed E-state index contributed by atoms with van der Waals surface area (Å²) < 4.78 is 38.5. The number of fused-ring (bicyclic) bond motifs is 1. The van der Waals surface area contributed by atoms with E-state index in [1.54, 1.807) is 37.3 Å². The first-order valence-corrected chi connectivity index (χ1v) is 10.4. The van der Waals surface area contributed by atoms with Crippen LogP contribution in [0.2, 0.25) is 0 Å². The van der Waals surface area contributed by atoms with E-state index in [0.717, 1.165) is 6.39 Å². The summed E-state index contributed by atoms with van der Waals surface area (Å²) in [4.78, 5) is 16.2. The van der Waals surface area contributed by atoms with Crippen LogP contribution in [0.3, 0.4) is 0 Å². The van der Waals surface area contributed by atoms with Gasteiger partial charge in [-0.25, -0.2) is 13.4 Å². The predicted octanol–water partition coefficient (Wildman–Crippen LogP) is 2.69. The van der Waals surface area contributed by atoms with E-state index in [1.807, 2.05) is 6.07 Å². The number of rotatable bonds is 3. The fourth-order valence-electron chi connectivity index (χ4n) is 3.07. The molecule has 0 radical (unpaired) electrons. The van der Waals surface area contributed by atoms with Gasteiger partial charge in [-0.15, -0.1) is 0 Å². The van der Waals surface area contributed by atoms with Gasteiger partial charge in [0.05, 0.1) is 23.9 Å². The molecule has 0 saturated heterocycles. The maximum absolute atomic E-state index is 13.3. The molecule has 4 rings (SSSR count). The summed E-state index contributed by atoms with van der Waals surface area (Å²) in [6.07, 6.45) is 1.16. The number of ether oxygens (including phenoxy) is 1. The maximum atomic E-state index is 13.3. The van der Waals surface area contributed by atoms with Crippen LogP contribution in [0, 0.1) is 18.3 Å². The lowest BCUT2D eigenvalue weighted by molar-refractivity contribution is 0.102. The van der Waals surface area contributed by atoms with Gasteiger partial charge in [0.15, 0.2) is 12.1 Å². The van der Waals surface area contributed by atoms with Crippen LogP contribution in [-0.2, 0) is 10.0 Å².